The van der Waals surface area contributed by atoms with Gasteiger partial charge in [0.05, 0.1) is 17.9 Å². The Morgan fingerprint density at radius 1 is 0.857 bits per heavy atom. The number of nitrogens with two attached hydrogens (primary N) is 1. The molecule has 0 atom stereocenters. The summed E-state index contributed by atoms with van der Waals surface area (Å²) in [5.41, 5.74) is 6.75. The topological polar surface area (TPSA) is 130 Å². The van der Waals surface area contributed by atoms with Crippen molar-refractivity contribution in [2.45, 2.75) is 43.5 Å². The van der Waals surface area contributed by atoms with Crippen molar-refractivity contribution in [3.8, 4) is 0 Å². The summed E-state index contributed by atoms with van der Waals surface area (Å²) in [4.78, 5) is 48.6. The van der Waals surface area contributed by atoms with Crippen LogP contribution in [0.25, 0.3) is 0 Å². The fraction of sp³-hybridized carbons (Fsp3) is 0.385. The van der Waals surface area contributed by atoms with Crippen LogP contribution in [0.4, 0.5) is 0 Å². The lowest BCUT2D eigenvalue weighted by Gasteiger charge is -2.21. The van der Waals surface area contributed by atoms with Crippen LogP contribution in [0.15, 0.2) is 53.4 Å². The summed E-state index contributed by atoms with van der Waals surface area (Å²) in [5.74, 6) is -0.426. The van der Waals surface area contributed by atoms with Crippen LogP contribution in [0.5, 0.6) is 0 Å². The van der Waals surface area contributed by atoms with Gasteiger partial charge in [-0.15, -0.1) is 11.8 Å². The van der Waals surface area contributed by atoms with Crippen molar-refractivity contribution < 1.29 is 19.2 Å². The van der Waals surface area contributed by atoms with Crippen molar-refractivity contribution in [1.82, 2.24) is 16.0 Å². The van der Waals surface area contributed by atoms with Gasteiger partial charge in [-0.05, 0) is 48.6 Å². The van der Waals surface area contributed by atoms with Crippen molar-refractivity contribution in [2.24, 2.45) is 11.7 Å². The smallest absolute Gasteiger partial charge is 0.252 e. The number of carbonyl (C=O) groups excluding carboxylic acids is 4. The highest BCUT2D eigenvalue weighted by Crippen LogP contribution is 2.24. The van der Waals surface area contributed by atoms with E-state index >= 15 is 0 Å². The van der Waals surface area contributed by atoms with E-state index in [4.69, 9.17) is 5.73 Å². The van der Waals surface area contributed by atoms with Crippen LogP contribution in [0.1, 0.15) is 58.4 Å². The minimum Gasteiger partial charge on any atom is -0.368 e. The molecule has 0 aliphatic heterocycles. The Hall–Kier alpha value is -3.33. The van der Waals surface area contributed by atoms with Gasteiger partial charge in [-0.2, -0.15) is 0 Å². The van der Waals surface area contributed by atoms with Crippen LogP contribution < -0.4 is 21.7 Å². The van der Waals surface area contributed by atoms with Gasteiger partial charge in [-0.3, -0.25) is 19.2 Å². The number of hydrogen-bond acceptors (Lipinski definition) is 5. The van der Waals surface area contributed by atoms with Crippen LogP contribution in [-0.2, 0) is 16.1 Å². The maximum Gasteiger partial charge on any atom is 0.252 e. The number of nitrogens with one attached hydrogen (secondary N) is 3. The van der Waals surface area contributed by atoms with E-state index in [0.717, 1.165) is 17.0 Å². The monoisotopic (exact) mass is 496 g/mol. The number of carbonyl (C=O) groups is 4. The minimum atomic E-state index is -0.615. The maximum atomic E-state index is 12.8. The number of amides is 4. The van der Waals surface area contributed by atoms with Crippen molar-refractivity contribution in [2.75, 3.05) is 18.8 Å². The van der Waals surface area contributed by atoms with Gasteiger partial charge in [-0.1, -0.05) is 43.5 Å². The van der Waals surface area contributed by atoms with E-state index in [1.807, 2.05) is 12.1 Å². The average molecular weight is 497 g/mol. The summed E-state index contributed by atoms with van der Waals surface area (Å²) >= 11 is 1.35. The number of thioether (sulfide) groups is 1. The Bertz CT molecular complexity index is 1040. The Labute approximate surface area is 209 Å². The molecule has 0 aromatic heterocycles. The fourth-order valence-electron chi connectivity index (χ4n) is 3.94. The standard InChI is InChI=1S/C26H32N4O4S/c27-23(31)16-30-25(33)20-12-10-19(11-13-20)15-29-26(34)21-8-4-5-9-22(21)35-17-24(32)28-14-18-6-2-1-3-7-18/h4-5,8-13,18H,1-3,6-7,14-17H2,(H2,27,31)(H,28,32)(H,29,34)(H,30,33). The van der Waals surface area contributed by atoms with E-state index in [2.05, 4.69) is 16.0 Å². The number of rotatable bonds is 11. The molecule has 0 radical (unpaired) electrons. The summed E-state index contributed by atoms with van der Waals surface area (Å²) in [6.45, 7) is 0.784. The van der Waals surface area contributed by atoms with E-state index in [9.17, 15) is 19.2 Å². The molecule has 1 fully saturated rings. The quantitative estimate of drug-likeness (QED) is 0.355. The highest BCUT2D eigenvalue weighted by Gasteiger charge is 2.16. The van der Waals surface area contributed by atoms with Crippen molar-refractivity contribution in [1.29, 1.82) is 0 Å². The van der Waals surface area contributed by atoms with Gasteiger partial charge >= 0.3 is 0 Å². The highest BCUT2D eigenvalue weighted by atomic mass is 32.2. The van der Waals surface area contributed by atoms with Crippen LogP contribution in [0.2, 0.25) is 0 Å². The van der Waals surface area contributed by atoms with Crippen molar-refractivity contribution in [3.05, 3.63) is 65.2 Å². The maximum absolute atomic E-state index is 12.8. The second-order valence-corrected chi connectivity index (χ2v) is 9.64. The molecule has 4 amide bonds. The molecular formula is C26H32N4O4S. The zero-order valence-corrected chi connectivity index (χ0v) is 20.5. The summed E-state index contributed by atoms with van der Waals surface area (Å²) in [5, 5.41) is 8.34. The molecular weight excluding hydrogens is 464 g/mol. The largest absolute Gasteiger partial charge is 0.368 e. The molecule has 5 N–H and O–H groups in total. The molecule has 1 aliphatic rings. The first kappa shape index (κ1) is 26.3. The third-order valence-corrected chi connectivity index (χ3v) is 6.97. The van der Waals surface area contributed by atoms with E-state index in [0.29, 0.717) is 17.0 Å². The summed E-state index contributed by atoms with van der Waals surface area (Å²) in [6.07, 6.45) is 6.14. The van der Waals surface area contributed by atoms with Crippen LogP contribution in [0.3, 0.4) is 0 Å². The first-order chi connectivity index (χ1) is 16.9. The average Bonchev–Trinajstić information content (AvgIpc) is 2.89. The van der Waals surface area contributed by atoms with Crippen LogP contribution in [0, 0.1) is 5.92 Å². The van der Waals surface area contributed by atoms with E-state index < -0.39 is 11.8 Å². The highest BCUT2D eigenvalue weighted by molar-refractivity contribution is 8.00. The molecule has 186 valence electrons. The third-order valence-electron chi connectivity index (χ3n) is 5.90. The van der Waals surface area contributed by atoms with Crippen molar-refractivity contribution >= 4 is 35.4 Å². The molecule has 2 aromatic carbocycles. The second-order valence-electron chi connectivity index (χ2n) is 8.62. The first-order valence-electron chi connectivity index (χ1n) is 11.8. The Kier molecular flexibility index (Phi) is 10.2. The molecule has 0 unspecified atom stereocenters. The van der Waals surface area contributed by atoms with Crippen molar-refractivity contribution in [3.63, 3.8) is 0 Å². The molecule has 0 spiro atoms. The molecule has 0 saturated heterocycles. The van der Waals surface area contributed by atoms with Crippen LogP contribution in [-0.4, -0.2) is 42.5 Å². The van der Waals surface area contributed by atoms with Gasteiger partial charge in [0.25, 0.3) is 11.8 Å². The van der Waals surface area contributed by atoms with E-state index in [1.54, 1.807) is 36.4 Å². The fourth-order valence-corrected chi connectivity index (χ4v) is 4.82. The van der Waals surface area contributed by atoms with E-state index in [-0.39, 0.29) is 30.7 Å². The van der Waals surface area contributed by atoms with Gasteiger partial charge in [0, 0.05) is 23.5 Å². The molecule has 35 heavy (non-hydrogen) atoms. The molecule has 0 heterocycles. The first-order valence-corrected chi connectivity index (χ1v) is 12.8. The third kappa shape index (κ3) is 8.75. The lowest BCUT2D eigenvalue weighted by molar-refractivity contribution is -0.119. The van der Waals surface area contributed by atoms with Gasteiger partial charge in [0.2, 0.25) is 11.8 Å². The van der Waals surface area contributed by atoms with Gasteiger partial charge in [0.1, 0.15) is 0 Å². The van der Waals surface area contributed by atoms with Gasteiger partial charge < -0.3 is 21.7 Å². The van der Waals surface area contributed by atoms with Crippen LogP contribution >= 0.6 is 11.8 Å². The Morgan fingerprint density at radius 2 is 1.57 bits per heavy atom. The molecule has 1 aliphatic carbocycles. The number of hydrogen-bond donors (Lipinski definition) is 4. The molecule has 9 heteroatoms. The number of benzene rings is 2. The van der Waals surface area contributed by atoms with Gasteiger partial charge in [0.15, 0.2) is 0 Å². The molecule has 0 bridgehead atoms. The zero-order chi connectivity index (χ0) is 25.0. The Morgan fingerprint density at radius 3 is 2.29 bits per heavy atom. The van der Waals surface area contributed by atoms with E-state index in [1.165, 1.54) is 43.9 Å². The molecule has 3 rings (SSSR count). The predicted octanol–water partition coefficient (Wildman–Crippen LogP) is 2.62. The lowest BCUT2D eigenvalue weighted by atomic mass is 9.89. The summed E-state index contributed by atoms with van der Waals surface area (Å²) in [7, 11) is 0. The summed E-state index contributed by atoms with van der Waals surface area (Å²) < 4.78 is 0. The Balaban J connectivity index is 1.47. The second kappa shape index (κ2) is 13.5. The normalized spacial score (nSPS) is 13.6. The minimum absolute atomic E-state index is 0.0178. The molecule has 1 saturated carbocycles. The lowest BCUT2D eigenvalue weighted by Crippen LogP contribution is -2.33. The zero-order valence-electron chi connectivity index (χ0n) is 19.7. The number of primary amides is 1. The summed E-state index contributed by atoms with van der Waals surface area (Å²) in [6, 6.07) is 13.9. The predicted molar refractivity (Wildman–Crippen MR) is 136 cm³/mol. The molecule has 8 nitrogen and oxygen atoms in total. The molecule has 2 aromatic rings. The SMILES string of the molecule is NC(=O)CNC(=O)c1ccc(CNC(=O)c2ccccc2SCC(=O)NCC2CCCCC2)cc1. The van der Waals surface area contributed by atoms with Gasteiger partial charge in [-0.25, -0.2) is 0 Å².